The summed E-state index contributed by atoms with van der Waals surface area (Å²) in [5, 5.41) is 9.13. The van der Waals surface area contributed by atoms with E-state index in [1.165, 1.54) is 0 Å². The van der Waals surface area contributed by atoms with Crippen LogP contribution in [-0.2, 0) is 13.0 Å². The molecule has 0 aromatic carbocycles. The zero-order chi connectivity index (χ0) is 9.84. The maximum Gasteiger partial charge on any atom is 0.250 e. The second-order valence-electron chi connectivity index (χ2n) is 3.23. The highest BCUT2D eigenvalue weighted by Crippen LogP contribution is 1.97. The average Bonchev–Trinajstić information content (AvgIpc) is 2.08. The molecule has 3 heteroatoms. The second kappa shape index (κ2) is 4.23. The molecule has 1 aromatic heterocycles. The molecular formula is C10H15NO2. The van der Waals surface area contributed by atoms with Crippen molar-refractivity contribution >= 4 is 0 Å². The lowest BCUT2D eigenvalue weighted by atomic mass is 10.2. The summed E-state index contributed by atoms with van der Waals surface area (Å²) < 4.78 is 1.55. The van der Waals surface area contributed by atoms with Gasteiger partial charge in [-0.1, -0.05) is 13.0 Å². The van der Waals surface area contributed by atoms with Crippen LogP contribution in [0.4, 0.5) is 0 Å². The van der Waals surface area contributed by atoms with Crippen LogP contribution in [0.2, 0.25) is 0 Å². The zero-order valence-corrected chi connectivity index (χ0v) is 8.03. The van der Waals surface area contributed by atoms with E-state index in [1.807, 2.05) is 13.0 Å². The third-order valence-electron chi connectivity index (χ3n) is 1.91. The summed E-state index contributed by atoms with van der Waals surface area (Å²) in [4.78, 5) is 11.3. The Balaban J connectivity index is 2.97. The van der Waals surface area contributed by atoms with Crippen molar-refractivity contribution in [3.05, 3.63) is 34.2 Å². The van der Waals surface area contributed by atoms with Crippen molar-refractivity contribution in [3.8, 4) is 0 Å². The predicted octanol–water partition coefficient (Wildman–Crippen LogP) is 0.792. The summed E-state index contributed by atoms with van der Waals surface area (Å²) >= 11 is 0. The maximum atomic E-state index is 11.3. The smallest absolute Gasteiger partial charge is 0.250 e. The van der Waals surface area contributed by atoms with Crippen LogP contribution in [0.1, 0.15) is 19.4 Å². The van der Waals surface area contributed by atoms with Crippen LogP contribution in [0.25, 0.3) is 0 Å². The monoisotopic (exact) mass is 181 g/mol. The van der Waals surface area contributed by atoms with Crippen LogP contribution in [0.15, 0.2) is 23.1 Å². The SMILES string of the molecule is CCc1ccc(=O)n(CC(C)O)c1. The van der Waals surface area contributed by atoms with Crippen LogP contribution >= 0.6 is 0 Å². The van der Waals surface area contributed by atoms with Crippen LogP contribution in [0, 0.1) is 0 Å². The van der Waals surface area contributed by atoms with Crippen LogP contribution in [0.5, 0.6) is 0 Å². The van der Waals surface area contributed by atoms with E-state index in [-0.39, 0.29) is 5.56 Å². The van der Waals surface area contributed by atoms with E-state index in [1.54, 1.807) is 23.8 Å². The van der Waals surface area contributed by atoms with E-state index in [4.69, 9.17) is 5.11 Å². The lowest BCUT2D eigenvalue weighted by molar-refractivity contribution is 0.172. The van der Waals surface area contributed by atoms with Gasteiger partial charge in [-0.25, -0.2) is 0 Å². The van der Waals surface area contributed by atoms with Crippen molar-refractivity contribution in [2.24, 2.45) is 0 Å². The molecule has 1 atom stereocenters. The van der Waals surface area contributed by atoms with Gasteiger partial charge in [-0.2, -0.15) is 0 Å². The van der Waals surface area contributed by atoms with Crippen molar-refractivity contribution in [2.75, 3.05) is 0 Å². The molecule has 13 heavy (non-hydrogen) atoms. The lowest BCUT2D eigenvalue weighted by Gasteiger charge is -2.08. The van der Waals surface area contributed by atoms with E-state index < -0.39 is 6.10 Å². The van der Waals surface area contributed by atoms with Gasteiger partial charge in [-0.15, -0.1) is 0 Å². The molecule has 0 aliphatic carbocycles. The van der Waals surface area contributed by atoms with Crippen molar-refractivity contribution in [1.29, 1.82) is 0 Å². The summed E-state index contributed by atoms with van der Waals surface area (Å²) in [6, 6.07) is 3.36. The van der Waals surface area contributed by atoms with Crippen LogP contribution in [0.3, 0.4) is 0 Å². The Bertz CT molecular complexity index is 328. The quantitative estimate of drug-likeness (QED) is 0.749. The van der Waals surface area contributed by atoms with Gasteiger partial charge in [0.05, 0.1) is 12.6 Å². The molecule has 1 rings (SSSR count). The zero-order valence-electron chi connectivity index (χ0n) is 8.03. The van der Waals surface area contributed by atoms with Gasteiger partial charge in [-0.3, -0.25) is 4.79 Å². The first-order valence-corrected chi connectivity index (χ1v) is 4.51. The van der Waals surface area contributed by atoms with E-state index >= 15 is 0 Å². The highest BCUT2D eigenvalue weighted by Gasteiger charge is 2.00. The number of hydrogen-bond acceptors (Lipinski definition) is 2. The Kier molecular flexibility index (Phi) is 3.25. The molecule has 1 N–H and O–H groups in total. The minimum absolute atomic E-state index is 0.0573. The molecule has 0 amide bonds. The summed E-state index contributed by atoms with van der Waals surface area (Å²) in [5.41, 5.74) is 1.05. The highest BCUT2D eigenvalue weighted by atomic mass is 16.3. The molecule has 0 fully saturated rings. The molecule has 0 saturated carbocycles. The number of nitrogens with zero attached hydrogens (tertiary/aromatic N) is 1. The number of hydrogen-bond donors (Lipinski definition) is 1. The largest absolute Gasteiger partial charge is 0.392 e. The summed E-state index contributed by atoms with van der Waals surface area (Å²) in [6.07, 6.45) is 2.22. The summed E-state index contributed by atoms with van der Waals surface area (Å²) in [7, 11) is 0. The highest BCUT2D eigenvalue weighted by molar-refractivity contribution is 5.09. The van der Waals surface area contributed by atoms with Gasteiger partial charge in [0.2, 0.25) is 0 Å². The van der Waals surface area contributed by atoms with Crippen molar-refractivity contribution < 1.29 is 5.11 Å². The Morgan fingerprint density at radius 3 is 2.77 bits per heavy atom. The first-order chi connectivity index (χ1) is 6.13. The van der Waals surface area contributed by atoms with Gasteiger partial charge in [0.25, 0.3) is 5.56 Å². The Labute approximate surface area is 77.6 Å². The maximum absolute atomic E-state index is 11.3. The van der Waals surface area contributed by atoms with Crippen LogP contribution < -0.4 is 5.56 Å². The number of aromatic nitrogens is 1. The van der Waals surface area contributed by atoms with Crippen LogP contribution in [-0.4, -0.2) is 15.8 Å². The van der Waals surface area contributed by atoms with E-state index in [0.717, 1.165) is 12.0 Å². The Hall–Kier alpha value is -1.09. The Morgan fingerprint density at radius 2 is 2.23 bits per heavy atom. The van der Waals surface area contributed by atoms with Crippen molar-refractivity contribution in [2.45, 2.75) is 32.9 Å². The number of aliphatic hydroxyl groups excluding tert-OH is 1. The fourth-order valence-electron chi connectivity index (χ4n) is 1.22. The number of pyridine rings is 1. The molecule has 1 aromatic rings. The van der Waals surface area contributed by atoms with Gasteiger partial charge in [0, 0.05) is 12.3 Å². The average molecular weight is 181 g/mol. The minimum atomic E-state index is -0.482. The van der Waals surface area contributed by atoms with E-state index in [9.17, 15) is 4.79 Å². The summed E-state index contributed by atoms with van der Waals surface area (Å²) in [5.74, 6) is 0. The molecular weight excluding hydrogens is 166 g/mol. The van der Waals surface area contributed by atoms with Gasteiger partial charge in [0.1, 0.15) is 0 Å². The normalized spacial score (nSPS) is 12.8. The fourth-order valence-corrected chi connectivity index (χ4v) is 1.22. The van der Waals surface area contributed by atoms with Crippen molar-refractivity contribution in [3.63, 3.8) is 0 Å². The first-order valence-electron chi connectivity index (χ1n) is 4.51. The fraction of sp³-hybridized carbons (Fsp3) is 0.500. The molecule has 1 unspecified atom stereocenters. The predicted molar refractivity (Wildman–Crippen MR) is 51.8 cm³/mol. The van der Waals surface area contributed by atoms with E-state index in [2.05, 4.69) is 0 Å². The molecule has 1 heterocycles. The van der Waals surface area contributed by atoms with E-state index in [0.29, 0.717) is 6.54 Å². The van der Waals surface area contributed by atoms with Gasteiger partial charge < -0.3 is 9.67 Å². The first kappa shape index (κ1) is 9.99. The molecule has 72 valence electrons. The molecule has 0 saturated heterocycles. The van der Waals surface area contributed by atoms with Gasteiger partial charge in [-0.05, 0) is 18.9 Å². The molecule has 0 aliphatic rings. The van der Waals surface area contributed by atoms with Gasteiger partial charge >= 0.3 is 0 Å². The number of rotatable bonds is 3. The molecule has 0 spiro atoms. The van der Waals surface area contributed by atoms with Gasteiger partial charge in [0.15, 0.2) is 0 Å². The summed E-state index contributed by atoms with van der Waals surface area (Å²) in [6.45, 7) is 4.07. The number of aliphatic hydroxyl groups is 1. The Morgan fingerprint density at radius 1 is 1.54 bits per heavy atom. The molecule has 0 bridgehead atoms. The second-order valence-corrected chi connectivity index (χ2v) is 3.23. The molecule has 0 radical (unpaired) electrons. The standard InChI is InChI=1S/C10H15NO2/c1-3-9-4-5-10(13)11(7-9)6-8(2)12/h4-5,7-8,12H,3,6H2,1-2H3. The number of aryl methyl sites for hydroxylation is 1. The third-order valence-corrected chi connectivity index (χ3v) is 1.91. The topological polar surface area (TPSA) is 42.2 Å². The molecule has 3 nitrogen and oxygen atoms in total. The minimum Gasteiger partial charge on any atom is -0.392 e. The molecule has 0 aliphatic heterocycles. The third kappa shape index (κ3) is 2.70. The van der Waals surface area contributed by atoms with Crippen molar-refractivity contribution in [1.82, 2.24) is 4.57 Å². The lowest BCUT2D eigenvalue weighted by Crippen LogP contribution is -2.24.